The van der Waals surface area contributed by atoms with Gasteiger partial charge in [-0.2, -0.15) is 13.2 Å². The van der Waals surface area contributed by atoms with Gasteiger partial charge in [0.2, 0.25) is 11.8 Å². The van der Waals surface area contributed by atoms with Crippen LogP contribution in [0.5, 0.6) is 0 Å². The van der Waals surface area contributed by atoms with Crippen molar-refractivity contribution < 1.29 is 22.8 Å². The highest BCUT2D eigenvalue weighted by molar-refractivity contribution is 6.35. The lowest BCUT2D eigenvalue weighted by Crippen LogP contribution is -2.56. The molecule has 1 aliphatic heterocycles. The number of rotatable bonds is 6. The van der Waals surface area contributed by atoms with Crippen molar-refractivity contribution in [2.45, 2.75) is 36.9 Å². The van der Waals surface area contributed by atoms with Crippen molar-refractivity contribution in [2.75, 3.05) is 26.2 Å². The molecule has 1 atom stereocenters. The molecule has 2 aliphatic rings. The number of amides is 2. The van der Waals surface area contributed by atoms with Gasteiger partial charge < -0.3 is 15.5 Å². The van der Waals surface area contributed by atoms with Crippen LogP contribution >= 0.6 is 23.2 Å². The molecule has 1 unspecified atom stereocenters. The fourth-order valence-corrected chi connectivity index (χ4v) is 4.88. The zero-order valence-electron chi connectivity index (χ0n) is 18.2. The molecule has 2 aromatic rings. The normalized spacial score (nSPS) is 18.3. The Balaban J connectivity index is 1.56. The standard InChI is InChI=1S/C24H24Cl2F3N3O2/c25-17-5-6-18(19(26)14-17)23(7-8-23)22(34)31-20(21(33)32-11-9-30-10-12-32)13-15-1-3-16(4-2-15)24(27,28)29/h1-6,14,20,30H,7-13H2,(H,31,34). The summed E-state index contributed by atoms with van der Waals surface area (Å²) in [6.45, 7) is 2.26. The maximum absolute atomic E-state index is 13.4. The number of hydrogen-bond acceptors (Lipinski definition) is 3. The lowest BCUT2D eigenvalue weighted by atomic mass is 9.93. The van der Waals surface area contributed by atoms with E-state index in [9.17, 15) is 22.8 Å². The number of piperazine rings is 1. The monoisotopic (exact) mass is 513 g/mol. The van der Waals surface area contributed by atoms with Gasteiger partial charge in [0, 0.05) is 42.6 Å². The molecule has 1 heterocycles. The van der Waals surface area contributed by atoms with Crippen LogP contribution in [0, 0.1) is 0 Å². The number of alkyl halides is 3. The van der Waals surface area contributed by atoms with Crippen molar-refractivity contribution in [3.63, 3.8) is 0 Å². The van der Waals surface area contributed by atoms with Crippen molar-refractivity contribution in [1.29, 1.82) is 0 Å². The van der Waals surface area contributed by atoms with Gasteiger partial charge in [-0.15, -0.1) is 0 Å². The van der Waals surface area contributed by atoms with Gasteiger partial charge in [0.15, 0.2) is 0 Å². The van der Waals surface area contributed by atoms with E-state index in [-0.39, 0.29) is 18.2 Å². The highest BCUT2D eigenvalue weighted by Crippen LogP contribution is 2.51. The van der Waals surface area contributed by atoms with E-state index in [2.05, 4.69) is 10.6 Å². The summed E-state index contributed by atoms with van der Waals surface area (Å²) in [4.78, 5) is 28.4. The molecular weight excluding hydrogens is 490 g/mol. The van der Waals surface area contributed by atoms with E-state index in [4.69, 9.17) is 23.2 Å². The SMILES string of the molecule is O=C(C(Cc1ccc(C(F)(F)F)cc1)NC(=O)C1(c2ccc(Cl)cc2Cl)CC1)N1CCNCC1. The lowest BCUT2D eigenvalue weighted by Gasteiger charge is -2.32. The molecule has 1 saturated heterocycles. The number of halogens is 5. The van der Waals surface area contributed by atoms with Crippen LogP contribution in [0.4, 0.5) is 13.2 Å². The van der Waals surface area contributed by atoms with Crippen LogP contribution in [0.1, 0.15) is 29.5 Å². The van der Waals surface area contributed by atoms with Gasteiger partial charge >= 0.3 is 6.18 Å². The first kappa shape index (κ1) is 24.8. The van der Waals surface area contributed by atoms with Crippen LogP contribution in [0.25, 0.3) is 0 Å². The highest BCUT2D eigenvalue weighted by atomic mass is 35.5. The fourth-order valence-electron chi connectivity index (χ4n) is 4.29. The van der Waals surface area contributed by atoms with Gasteiger partial charge in [-0.3, -0.25) is 9.59 Å². The van der Waals surface area contributed by atoms with Gasteiger partial charge in [-0.25, -0.2) is 0 Å². The van der Waals surface area contributed by atoms with Crippen molar-refractivity contribution in [1.82, 2.24) is 15.5 Å². The van der Waals surface area contributed by atoms with E-state index >= 15 is 0 Å². The van der Waals surface area contributed by atoms with Crippen molar-refractivity contribution in [2.24, 2.45) is 0 Å². The average molecular weight is 514 g/mol. The van der Waals surface area contributed by atoms with Gasteiger partial charge in [-0.05, 0) is 48.2 Å². The molecule has 182 valence electrons. The van der Waals surface area contributed by atoms with E-state index in [1.165, 1.54) is 12.1 Å². The molecule has 1 saturated carbocycles. The van der Waals surface area contributed by atoms with Crippen LogP contribution < -0.4 is 10.6 Å². The summed E-state index contributed by atoms with van der Waals surface area (Å²) in [6, 6.07) is 8.72. The number of hydrogen-bond donors (Lipinski definition) is 2. The van der Waals surface area contributed by atoms with E-state index in [0.29, 0.717) is 60.2 Å². The van der Waals surface area contributed by atoms with E-state index in [1.807, 2.05) is 0 Å². The first-order valence-electron chi connectivity index (χ1n) is 11.0. The van der Waals surface area contributed by atoms with Gasteiger partial charge in [0.1, 0.15) is 6.04 Å². The number of carbonyl (C=O) groups excluding carboxylic acids is 2. The summed E-state index contributed by atoms with van der Waals surface area (Å²) in [6.07, 6.45) is -3.21. The summed E-state index contributed by atoms with van der Waals surface area (Å²) < 4.78 is 38.8. The number of nitrogens with zero attached hydrogens (tertiary/aromatic N) is 1. The Morgan fingerprint density at radius 3 is 2.26 bits per heavy atom. The highest BCUT2D eigenvalue weighted by Gasteiger charge is 2.53. The Kier molecular flexibility index (Phi) is 7.12. The van der Waals surface area contributed by atoms with Crippen LogP contribution in [0.15, 0.2) is 42.5 Å². The summed E-state index contributed by atoms with van der Waals surface area (Å²) in [7, 11) is 0. The van der Waals surface area contributed by atoms with Crippen LogP contribution in [-0.2, 0) is 27.6 Å². The van der Waals surface area contributed by atoms with Crippen LogP contribution in [0.2, 0.25) is 10.0 Å². The molecule has 4 rings (SSSR count). The molecule has 2 aromatic carbocycles. The van der Waals surface area contributed by atoms with E-state index in [1.54, 1.807) is 23.1 Å². The number of nitrogens with one attached hydrogen (secondary N) is 2. The third-order valence-electron chi connectivity index (χ3n) is 6.38. The Morgan fingerprint density at radius 1 is 1.06 bits per heavy atom. The third-order valence-corrected chi connectivity index (χ3v) is 6.93. The Labute approximate surface area is 205 Å². The van der Waals surface area contributed by atoms with Gasteiger partial charge in [-0.1, -0.05) is 41.4 Å². The molecule has 0 bridgehead atoms. The fraction of sp³-hybridized carbons (Fsp3) is 0.417. The Hall–Kier alpha value is -2.29. The molecule has 1 aliphatic carbocycles. The minimum absolute atomic E-state index is 0.0804. The second-order valence-electron chi connectivity index (χ2n) is 8.71. The Bertz CT molecular complexity index is 1070. The van der Waals surface area contributed by atoms with Crippen molar-refractivity contribution in [3.05, 3.63) is 69.2 Å². The van der Waals surface area contributed by atoms with Crippen molar-refractivity contribution in [3.8, 4) is 0 Å². The molecular formula is C24H24Cl2F3N3O2. The van der Waals surface area contributed by atoms with E-state index < -0.39 is 23.2 Å². The second kappa shape index (κ2) is 9.76. The molecule has 10 heteroatoms. The Morgan fingerprint density at radius 2 is 1.71 bits per heavy atom. The molecule has 0 aromatic heterocycles. The first-order valence-corrected chi connectivity index (χ1v) is 11.8. The average Bonchev–Trinajstić information content (AvgIpc) is 3.60. The molecule has 5 nitrogen and oxygen atoms in total. The smallest absolute Gasteiger partial charge is 0.343 e. The molecule has 2 amide bonds. The maximum Gasteiger partial charge on any atom is 0.416 e. The van der Waals surface area contributed by atoms with E-state index in [0.717, 1.165) is 12.1 Å². The molecule has 2 fully saturated rings. The minimum Gasteiger partial charge on any atom is -0.343 e. The summed E-state index contributed by atoms with van der Waals surface area (Å²) in [5, 5.41) is 6.90. The molecule has 34 heavy (non-hydrogen) atoms. The lowest BCUT2D eigenvalue weighted by molar-refractivity contribution is -0.138. The third kappa shape index (κ3) is 5.34. The minimum atomic E-state index is -4.45. The topological polar surface area (TPSA) is 61.4 Å². The second-order valence-corrected chi connectivity index (χ2v) is 9.55. The summed E-state index contributed by atoms with van der Waals surface area (Å²) in [5.41, 5.74) is -0.432. The van der Waals surface area contributed by atoms with Gasteiger partial charge in [0.25, 0.3) is 0 Å². The summed E-state index contributed by atoms with van der Waals surface area (Å²) >= 11 is 12.4. The van der Waals surface area contributed by atoms with Crippen LogP contribution in [0.3, 0.4) is 0 Å². The quantitative estimate of drug-likeness (QED) is 0.608. The molecule has 0 radical (unpaired) electrons. The van der Waals surface area contributed by atoms with Gasteiger partial charge in [0.05, 0.1) is 11.0 Å². The van der Waals surface area contributed by atoms with Crippen LogP contribution in [-0.4, -0.2) is 48.9 Å². The van der Waals surface area contributed by atoms with Crippen molar-refractivity contribution >= 4 is 35.0 Å². The number of benzene rings is 2. The molecule has 0 spiro atoms. The zero-order valence-corrected chi connectivity index (χ0v) is 19.7. The zero-order chi connectivity index (χ0) is 24.5. The largest absolute Gasteiger partial charge is 0.416 e. The predicted molar refractivity (Wildman–Crippen MR) is 124 cm³/mol. The molecule has 2 N–H and O–H groups in total. The summed E-state index contributed by atoms with van der Waals surface area (Å²) in [5.74, 6) is -0.579. The maximum atomic E-state index is 13.4. The number of carbonyl (C=O) groups is 2. The predicted octanol–water partition coefficient (Wildman–Crippen LogP) is 4.20. The first-order chi connectivity index (χ1) is 16.1.